The molecule has 1 aliphatic rings. The average molecular weight is 355 g/mol. The van der Waals surface area contributed by atoms with Gasteiger partial charge in [-0.1, -0.05) is 19.8 Å². The summed E-state index contributed by atoms with van der Waals surface area (Å²) in [5.74, 6) is -3.03. The summed E-state index contributed by atoms with van der Waals surface area (Å²) in [6, 6.07) is 1.78. The van der Waals surface area contributed by atoms with Gasteiger partial charge in [0, 0.05) is 18.4 Å². The highest BCUT2D eigenvalue weighted by molar-refractivity contribution is 6.25. The number of nitrogens with zero attached hydrogens (tertiary/aromatic N) is 1. The number of hydrogen-bond acceptors (Lipinski definition) is 4. The van der Waals surface area contributed by atoms with Crippen molar-refractivity contribution in [3.8, 4) is 0 Å². The van der Waals surface area contributed by atoms with Gasteiger partial charge in [0.15, 0.2) is 17.3 Å². The first kappa shape index (κ1) is 19.3. The van der Waals surface area contributed by atoms with Crippen molar-refractivity contribution in [1.29, 1.82) is 0 Å². The number of unbranched alkanes of at least 4 members (excludes halogenated alkanes) is 2. The van der Waals surface area contributed by atoms with Gasteiger partial charge in [0.05, 0.1) is 5.69 Å². The lowest BCUT2D eigenvalue weighted by Crippen LogP contribution is -2.36. The molecular formula is C18H20F3NO3. The van der Waals surface area contributed by atoms with Crippen LogP contribution in [0.2, 0.25) is 0 Å². The molecule has 0 N–H and O–H groups in total. The molecule has 0 saturated heterocycles. The third-order valence-corrected chi connectivity index (χ3v) is 4.30. The lowest BCUT2D eigenvalue weighted by atomic mass is 9.81. The molecule has 0 unspecified atom stereocenters. The predicted octanol–water partition coefficient (Wildman–Crippen LogP) is 3.95. The molecule has 1 saturated carbocycles. The van der Waals surface area contributed by atoms with E-state index >= 15 is 0 Å². The molecule has 0 aliphatic heterocycles. The number of ketones is 3. The van der Waals surface area contributed by atoms with Crippen molar-refractivity contribution in [2.24, 2.45) is 5.92 Å². The maximum Gasteiger partial charge on any atom is 0.433 e. The zero-order valence-electron chi connectivity index (χ0n) is 14.0. The molecule has 7 heteroatoms. The molecule has 136 valence electrons. The second-order valence-electron chi connectivity index (χ2n) is 6.23. The van der Waals surface area contributed by atoms with Crippen LogP contribution in [0.5, 0.6) is 0 Å². The van der Waals surface area contributed by atoms with Crippen LogP contribution in [-0.2, 0) is 22.2 Å². The van der Waals surface area contributed by atoms with Gasteiger partial charge in [0.2, 0.25) is 0 Å². The molecule has 1 aromatic rings. The van der Waals surface area contributed by atoms with E-state index in [2.05, 4.69) is 4.98 Å². The van der Waals surface area contributed by atoms with Crippen molar-refractivity contribution in [3.05, 3.63) is 29.1 Å². The molecular weight excluding hydrogens is 335 g/mol. The van der Waals surface area contributed by atoms with Crippen molar-refractivity contribution in [1.82, 2.24) is 4.98 Å². The number of carbonyl (C=O) groups excluding carboxylic acids is 3. The summed E-state index contributed by atoms with van der Waals surface area (Å²) in [6.45, 7) is 1.95. The highest BCUT2D eigenvalue weighted by atomic mass is 19.4. The van der Waals surface area contributed by atoms with Crippen LogP contribution in [0.3, 0.4) is 0 Å². The maximum atomic E-state index is 12.9. The predicted molar refractivity (Wildman–Crippen MR) is 84.2 cm³/mol. The first-order chi connectivity index (χ1) is 11.8. The Hall–Kier alpha value is -2.05. The summed E-state index contributed by atoms with van der Waals surface area (Å²) in [5, 5.41) is 0. The van der Waals surface area contributed by atoms with Gasteiger partial charge in [-0.3, -0.25) is 14.4 Å². The summed E-state index contributed by atoms with van der Waals surface area (Å²) in [5.41, 5.74) is -1.10. The zero-order chi connectivity index (χ0) is 18.6. The lowest BCUT2D eigenvalue weighted by molar-refractivity contribution is -0.141. The number of aromatic nitrogens is 1. The SMILES string of the molecule is CCCCCc1nc(C(F)(F)F)ccc1C(=O)C1C(=O)CCCC1=O. The first-order valence-corrected chi connectivity index (χ1v) is 8.42. The highest BCUT2D eigenvalue weighted by Crippen LogP contribution is 2.30. The van der Waals surface area contributed by atoms with Gasteiger partial charge in [-0.25, -0.2) is 4.98 Å². The maximum absolute atomic E-state index is 12.9. The van der Waals surface area contributed by atoms with Crippen molar-refractivity contribution in [2.75, 3.05) is 0 Å². The third-order valence-electron chi connectivity index (χ3n) is 4.30. The van der Waals surface area contributed by atoms with E-state index in [0.29, 0.717) is 12.8 Å². The van der Waals surface area contributed by atoms with Crippen LogP contribution >= 0.6 is 0 Å². The second-order valence-corrected chi connectivity index (χ2v) is 6.23. The fourth-order valence-corrected chi connectivity index (χ4v) is 2.97. The van der Waals surface area contributed by atoms with Gasteiger partial charge in [-0.15, -0.1) is 0 Å². The number of pyridine rings is 1. The summed E-state index contributed by atoms with van der Waals surface area (Å²) in [7, 11) is 0. The number of halogens is 3. The fraction of sp³-hybridized carbons (Fsp3) is 0.556. The Labute approximate surface area is 143 Å². The van der Waals surface area contributed by atoms with E-state index in [4.69, 9.17) is 0 Å². The number of Topliss-reactive ketones (excluding diaryl/α,β-unsaturated/α-hetero) is 3. The topological polar surface area (TPSA) is 64.1 Å². The monoisotopic (exact) mass is 355 g/mol. The van der Waals surface area contributed by atoms with E-state index in [0.717, 1.165) is 25.0 Å². The van der Waals surface area contributed by atoms with E-state index in [1.54, 1.807) is 0 Å². The van der Waals surface area contributed by atoms with Crippen LogP contribution in [0.4, 0.5) is 13.2 Å². The molecule has 1 aliphatic carbocycles. The van der Waals surface area contributed by atoms with E-state index in [1.807, 2.05) is 6.92 Å². The Balaban J connectivity index is 2.38. The van der Waals surface area contributed by atoms with Crippen LogP contribution in [0.1, 0.15) is 67.2 Å². The first-order valence-electron chi connectivity index (χ1n) is 8.42. The van der Waals surface area contributed by atoms with Crippen LogP contribution < -0.4 is 0 Å². The molecule has 4 nitrogen and oxygen atoms in total. The minimum atomic E-state index is -4.61. The molecule has 0 amide bonds. The van der Waals surface area contributed by atoms with Gasteiger partial charge in [0.25, 0.3) is 0 Å². The van der Waals surface area contributed by atoms with Crippen molar-refractivity contribution < 1.29 is 27.6 Å². The number of aryl methyl sites for hydroxylation is 1. The molecule has 0 spiro atoms. The van der Waals surface area contributed by atoms with Gasteiger partial charge >= 0.3 is 6.18 Å². The third kappa shape index (κ3) is 4.52. The van der Waals surface area contributed by atoms with Crippen LogP contribution in [-0.4, -0.2) is 22.3 Å². The Bertz CT molecular complexity index is 667. The molecule has 1 heterocycles. The largest absolute Gasteiger partial charge is 0.433 e. The van der Waals surface area contributed by atoms with Gasteiger partial charge < -0.3 is 0 Å². The summed E-state index contributed by atoms with van der Waals surface area (Å²) in [6.07, 6.45) is -1.49. The number of rotatable bonds is 6. The normalized spacial score (nSPS) is 16.3. The molecule has 1 aromatic heterocycles. The van der Waals surface area contributed by atoms with Crippen molar-refractivity contribution in [3.63, 3.8) is 0 Å². The van der Waals surface area contributed by atoms with Crippen molar-refractivity contribution >= 4 is 17.3 Å². The summed E-state index contributed by atoms with van der Waals surface area (Å²) in [4.78, 5) is 40.2. The number of carbonyl (C=O) groups is 3. The fourth-order valence-electron chi connectivity index (χ4n) is 2.97. The molecule has 0 atom stereocenters. The van der Waals surface area contributed by atoms with E-state index in [-0.39, 0.29) is 30.5 Å². The smallest absolute Gasteiger partial charge is 0.298 e. The summed E-state index contributed by atoms with van der Waals surface area (Å²) < 4.78 is 38.7. The summed E-state index contributed by atoms with van der Waals surface area (Å²) >= 11 is 0. The van der Waals surface area contributed by atoms with E-state index < -0.39 is 35.1 Å². The van der Waals surface area contributed by atoms with E-state index in [1.165, 1.54) is 0 Å². The number of hydrogen-bond donors (Lipinski definition) is 0. The molecule has 0 radical (unpaired) electrons. The Morgan fingerprint density at radius 2 is 1.80 bits per heavy atom. The van der Waals surface area contributed by atoms with Crippen LogP contribution in [0, 0.1) is 5.92 Å². The van der Waals surface area contributed by atoms with Gasteiger partial charge in [0.1, 0.15) is 11.6 Å². The van der Waals surface area contributed by atoms with Crippen LogP contribution in [0.25, 0.3) is 0 Å². The minimum absolute atomic E-state index is 0.0134. The number of alkyl halides is 3. The van der Waals surface area contributed by atoms with Crippen molar-refractivity contribution in [2.45, 2.75) is 58.0 Å². The standard InChI is InChI=1S/C18H20F3NO3/c1-2-3-4-6-12-11(9-10-15(22-12)18(19,20)21)17(25)16-13(23)7-5-8-14(16)24/h9-10,16H,2-8H2,1H3. The average Bonchev–Trinajstić information content (AvgIpc) is 2.54. The molecule has 0 bridgehead atoms. The zero-order valence-corrected chi connectivity index (χ0v) is 14.0. The Morgan fingerprint density at radius 3 is 2.36 bits per heavy atom. The quantitative estimate of drug-likeness (QED) is 0.440. The second kappa shape index (κ2) is 7.89. The molecule has 0 aromatic carbocycles. The minimum Gasteiger partial charge on any atom is -0.298 e. The van der Waals surface area contributed by atoms with Gasteiger partial charge in [-0.05, 0) is 31.4 Å². The molecule has 2 rings (SSSR count). The van der Waals surface area contributed by atoms with Crippen LogP contribution in [0.15, 0.2) is 12.1 Å². The Morgan fingerprint density at radius 1 is 1.16 bits per heavy atom. The Kier molecular flexibility index (Phi) is 6.08. The lowest BCUT2D eigenvalue weighted by Gasteiger charge is -2.20. The molecule has 25 heavy (non-hydrogen) atoms. The van der Waals surface area contributed by atoms with E-state index in [9.17, 15) is 27.6 Å². The van der Waals surface area contributed by atoms with Gasteiger partial charge in [-0.2, -0.15) is 13.2 Å². The molecule has 1 fully saturated rings. The highest BCUT2D eigenvalue weighted by Gasteiger charge is 2.38.